The molecule has 0 radical (unpaired) electrons. The summed E-state index contributed by atoms with van der Waals surface area (Å²) in [5.41, 5.74) is 0. The van der Waals surface area contributed by atoms with Crippen LogP contribution in [0.3, 0.4) is 0 Å². The van der Waals surface area contributed by atoms with Crippen molar-refractivity contribution < 1.29 is 19.4 Å². The Kier molecular flexibility index (Phi) is 3.11. The van der Waals surface area contributed by atoms with E-state index in [0.29, 0.717) is 6.42 Å². The van der Waals surface area contributed by atoms with Gasteiger partial charge in [0.25, 0.3) is 0 Å². The van der Waals surface area contributed by atoms with Gasteiger partial charge in [-0.05, 0) is 0 Å². The summed E-state index contributed by atoms with van der Waals surface area (Å²) in [7, 11) is 1.89. The number of aliphatic hydroxyl groups is 1. The normalized spacial score (nSPS) is 35.0. The van der Waals surface area contributed by atoms with Crippen molar-refractivity contribution in [2.45, 2.75) is 31.6 Å². The number of hydrogen-bond acceptors (Lipinski definition) is 4. The van der Waals surface area contributed by atoms with E-state index in [-0.39, 0.29) is 30.8 Å². The SMILES string of the molecule is BC1CC(OC(C)=O)C(CO)O1. The Morgan fingerprint density at radius 3 is 3.00 bits per heavy atom. The second kappa shape index (κ2) is 3.91. The Hall–Kier alpha value is -0.545. The van der Waals surface area contributed by atoms with Gasteiger partial charge in [0.1, 0.15) is 20.1 Å². The Morgan fingerprint density at radius 2 is 2.50 bits per heavy atom. The van der Waals surface area contributed by atoms with Crippen molar-refractivity contribution in [3.63, 3.8) is 0 Å². The van der Waals surface area contributed by atoms with Gasteiger partial charge in [0.2, 0.25) is 0 Å². The molecule has 0 aliphatic carbocycles. The molecule has 0 saturated carbocycles. The first-order valence-electron chi connectivity index (χ1n) is 4.07. The van der Waals surface area contributed by atoms with Gasteiger partial charge in [-0.3, -0.25) is 4.79 Å². The quantitative estimate of drug-likeness (QED) is 0.413. The highest BCUT2D eigenvalue weighted by molar-refractivity contribution is 6.11. The molecule has 1 N–H and O–H groups in total. The fourth-order valence-corrected chi connectivity index (χ4v) is 1.42. The number of aliphatic hydroxyl groups excluding tert-OH is 1. The zero-order chi connectivity index (χ0) is 9.14. The van der Waals surface area contributed by atoms with Gasteiger partial charge in [-0.1, -0.05) is 0 Å². The molecule has 0 aromatic rings. The van der Waals surface area contributed by atoms with Gasteiger partial charge >= 0.3 is 5.97 Å². The molecular formula is C7H13BO4. The van der Waals surface area contributed by atoms with E-state index in [4.69, 9.17) is 14.6 Å². The largest absolute Gasteiger partial charge is 0.460 e. The zero-order valence-corrected chi connectivity index (χ0v) is 7.32. The third-order valence-electron chi connectivity index (χ3n) is 1.88. The number of esters is 1. The van der Waals surface area contributed by atoms with Crippen LogP contribution in [0.1, 0.15) is 13.3 Å². The van der Waals surface area contributed by atoms with E-state index in [0.717, 1.165) is 0 Å². The summed E-state index contributed by atoms with van der Waals surface area (Å²) in [5.74, 6) is -0.323. The van der Waals surface area contributed by atoms with Crippen LogP contribution >= 0.6 is 0 Å². The molecule has 1 saturated heterocycles. The van der Waals surface area contributed by atoms with E-state index in [2.05, 4.69) is 0 Å². The Balaban J connectivity index is 2.46. The maximum absolute atomic E-state index is 10.6. The predicted octanol–water partition coefficient (Wildman–Crippen LogP) is -1.34. The predicted molar refractivity (Wildman–Crippen MR) is 44.5 cm³/mol. The maximum Gasteiger partial charge on any atom is 0.302 e. The lowest BCUT2D eigenvalue weighted by Crippen LogP contribution is -2.29. The van der Waals surface area contributed by atoms with Crippen LogP contribution in [0.4, 0.5) is 0 Å². The summed E-state index contributed by atoms with van der Waals surface area (Å²) in [6.07, 6.45) is 0.0524. The molecule has 1 heterocycles. The Morgan fingerprint density at radius 1 is 1.83 bits per heavy atom. The molecular weight excluding hydrogens is 159 g/mol. The van der Waals surface area contributed by atoms with Gasteiger partial charge in [0.05, 0.1) is 6.61 Å². The van der Waals surface area contributed by atoms with Crippen LogP contribution < -0.4 is 0 Å². The van der Waals surface area contributed by atoms with E-state index in [9.17, 15) is 4.79 Å². The average Bonchev–Trinajstić information content (AvgIpc) is 2.29. The summed E-state index contributed by atoms with van der Waals surface area (Å²) >= 11 is 0. The minimum atomic E-state index is -0.344. The minimum absolute atomic E-state index is 0.0616. The van der Waals surface area contributed by atoms with Crippen molar-refractivity contribution >= 4 is 13.8 Å². The third kappa shape index (κ3) is 2.22. The molecule has 1 aliphatic rings. The molecule has 1 rings (SSSR count). The van der Waals surface area contributed by atoms with E-state index >= 15 is 0 Å². The number of rotatable bonds is 2. The molecule has 1 fully saturated rings. The zero-order valence-electron chi connectivity index (χ0n) is 7.32. The molecule has 68 valence electrons. The van der Waals surface area contributed by atoms with Crippen molar-refractivity contribution in [3.05, 3.63) is 0 Å². The van der Waals surface area contributed by atoms with Crippen LogP contribution in [0.5, 0.6) is 0 Å². The summed E-state index contributed by atoms with van der Waals surface area (Å²) < 4.78 is 10.3. The van der Waals surface area contributed by atoms with Crippen LogP contribution in [0.2, 0.25) is 0 Å². The van der Waals surface area contributed by atoms with Gasteiger partial charge < -0.3 is 14.6 Å². The summed E-state index contributed by atoms with van der Waals surface area (Å²) in [4.78, 5) is 10.6. The van der Waals surface area contributed by atoms with Crippen LogP contribution in [0.15, 0.2) is 0 Å². The van der Waals surface area contributed by atoms with Crippen LogP contribution in [0.25, 0.3) is 0 Å². The molecule has 3 atom stereocenters. The van der Waals surface area contributed by atoms with Crippen LogP contribution in [-0.4, -0.2) is 43.7 Å². The highest BCUT2D eigenvalue weighted by Gasteiger charge is 2.34. The fraction of sp³-hybridized carbons (Fsp3) is 0.857. The number of ether oxygens (including phenoxy) is 2. The lowest BCUT2D eigenvalue weighted by molar-refractivity contribution is -0.149. The van der Waals surface area contributed by atoms with Crippen LogP contribution in [0, 0.1) is 0 Å². The Bertz CT molecular complexity index is 173. The van der Waals surface area contributed by atoms with E-state index in [1.807, 2.05) is 7.85 Å². The standard InChI is InChI=1S/C7H13BO4/c1-4(10)11-5-2-7(8)12-6(5)3-9/h5-7,9H,2-3,8H2,1H3. The molecule has 0 aromatic carbocycles. The molecule has 5 heteroatoms. The molecule has 0 bridgehead atoms. The number of carbonyl (C=O) groups is 1. The van der Waals surface area contributed by atoms with Crippen LogP contribution in [-0.2, 0) is 14.3 Å². The van der Waals surface area contributed by atoms with E-state index in [1.165, 1.54) is 6.92 Å². The summed E-state index contributed by atoms with van der Waals surface area (Å²) in [6.45, 7) is 1.26. The monoisotopic (exact) mass is 172 g/mol. The van der Waals surface area contributed by atoms with Gasteiger partial charge in [0, 0.05) is 19.3 Å². The highest BCUT2D eigenvalue weighted by atomic mass is 16.6. The smallest absolute Gasteiger partial charge is 0.302 e. The third-order valence-corrected chi connectivity index (χ3v) is 1.88. The molecule has 4 nitrogen and oxygen atoms in total. The number of carbonyl (C=O) groups excluding carboxylic acids is 1. The van der Waals surface area contributed by atoms with Gasteiger partial charge in [-0.15, -0.1) is 0 Å². The average molecular weight is 172 g/mol. The van der Waals surface area contributed by atoms with Crippen molar-refractivity contribution in [2.24, 2.45) is 0 Å². The summed E-state index contributed by atoms with van der Waals surface area (Å²) in [5, 5.41) is 8.85. The number of hydrogen-bond donors (Lipinski definition) is 1. The maximum atomic E-state index is 10.6. The van der Waals surface area contributed by atoms with Crippen molar-refractivity contribution in [3.8, 4) is 0 Å². The minimum Gasteiger partial charge on any atom is -0.460 e. The molecule has 0 aromatic heterocycles. The van der Waals surface area contributed by atoms with Gasteiger partial charge in [-0.25, -0.2) is 0 Å². The first-order chi connectivity index (χ1) is 5.63. The fourth-order valence-electron chi connectivity index (χ4n) is 1.42. The van der Waals surface area contributed by atoms with Crippen molar-refractivity contribution in [1.82, 2.24) is 0 Å². The topological polar surface area (TPSA) is 55.8 Å². The highest BCUT2D eigenvalue weighted by Crippen LogP contribution is 2.21. The van der Waals surface area contributed by atoms with E-state index in [1.54, 1.807) is 0 Å². The van der Waals surface area contributed by atoms with Gasteiger partial charge in [0.15, 0.2) is 0 Å². The molecule has 12 heavy (non-hydrogen) atoms. The first-order valence-corrected chi connectivity index (χ1v) is 4.07. The van der Waals surface area contributed by atoms with Crippen molar-refractivity contribution in [2.75, 3.05) is 6.61 Å². The lowest BCUT2D eigenvalue weighted by atomic mass is 9.96. The van der Waals surface area contributed by atoms with Gasteiger partial charge in [-0.2, -0.15) is 0 Å². The summed E-state index contributed by atoms with van der Waals surface area (Å²) in [6, 6.07) is 0.0616. The second-order valence-corrected chi connectivity index (χ2v) is 3.05. The second-order valence-electron chi connectivity index (χ2n) is 3.05. The molecule has 0 amide bonds. The van der Waals surface area contributed by atoms with E-state index < -0.39 is 0 Å². The van der Waals surface area contributed by atoms with Crippen molar-refractivity contribution in [1.29, 1.82) is 0 Å². The molecule has 0 spiro atoms. The molecule has 1 aliphatic heterocycles. The molecule has 3 unspecified atom stereocenters. The first kappa shape index (κ1) is 9.54. The Labute approximate surface area is 72.3 Å². The lowest BCUT2D eigenvalue weighted by Gasteiger charge is -2.15.